The average Bonchev–Trinajstić information content (AvgIpc) is 2.60. The van der Waals surface area contributed by atoms with Crippen LogP contribution in [0.4, 0.5) is 0 Å². The van der Waals surface area contributed by atoms with Crippen LogP contribution in [-0.4, -0.2) is 50.5 Å². The lowest BCUT2D eigenvalue weighted by Gasteiger charge is -2.21. The lowest BCUT2D eigenvalue weighted by molar-refractivity contribution is -0.152. The van der Waals surface area contributed by atoms with Gasteiger partial charge >= 0.3 is 5.97 Å². The van der Waals surface area contributed by atoms with Crippen molar-refractivity contribution in [1.82, 2.24) is 0 Å². The first-order chi connectivity index (χ1) is 11.0. The van der Waals surface area contributed by atoms with Crippen molar-refractivity contribution in [3.8, 4) is 5.75 Å². The number of esters is 1. The number of nitrogens with zero attached hydrogens (tertiary/aromatic N) is 2. The quantitative estimate of drug-likeness (QED) is 0.591. The molecule has 1 aliphatic rings. The lowest BCUT2D eigenvalue weighted by atomic mass is 9.95. The summed E-state index contributed by atoms with van der Waals surface area (Å²) in [7, 11) is 1.36. The molecule has 0 N–H and O–H groups in total. The number of rotatable bonds is 6. The summed E-state index contributed by atoms with van der Waals surface area (Å²) in [6, 6.07) is 6.98. The highest BCUT2D eigenvalue weighted by molar-refractivity contribution is 6.38. The highest BCUT2D eigenvalue weighted by atomic mass is 16.5. The summed E-state index contributed by atoms with van der Waals surface area (Å²) >= 11 is 0. The smallest absolute Gasteiger partial charge is 0.314 e. The van der Waals surface area contributed by atoms with Gasteiger partial charge in [-0.1, -0.05) is 0 Å². The van der Waals surface area contributed by atoms with Gasteiger partial charge in [-0.3, -0.25) is 14.8 Å². The Morgan fingerprint density at radius 2 is 2.04 bits per heavy atom. The van der Waals surface area contributed by atoms with Gasteiger partial charge in [0.25, 0.3) is 0 Å². The van der Waals surface area contributed by atoms with Crippen LogP contribution in [0.2, 0.25) is 0 Å². The normalized spacial score (nSPS) is 17.3. The molecule has 0 bridgehead atoms. The van der Waals surface area contributed by atoms with E-state index in [1.165, 1.54) is 7.11 Å². The second-order valence-electron chi connectivity index (χ2n) is 5.90. The summed E-state index contributed by atoms with van der Waals surface area (Å²) in [4.78, 5) is 30.7. The lowest BCUT2D eigenvalue weighted by Crippen LogP contribution is -2.32. The number of aliphatic imine (C=N–C) groups is 2. The minimum atomic E-state index is -0.711. The minimum absolute atomic E-state index is 0.225. The number of carbonyl (C=O) groups is 2. The summed E-state index contributed by atoms with van der Waals surface area (Å²) in [5, 5.41) is 0. The molecule has 0 radical (unpaired) electrons. The standard InChI is InChI=1S/C17H20N2O4/c1-17(2,16(21)22-3)11-23-14-6-4-12(5-7-14)15-9-18-13(10-20)8-19-15/h4-7,9-10,13H,8,11H2,1-3H3. The third kappa shape index (κ3) is 4.25. The van der Waals surface area contributed by atoms with E-state index < -0.39 is 5.41 Å². The van der Waals surface area contributed by atoms with E-state index in [0.29, 0.717) is 12.3 Å². The summed E-state index contributed by atoms with van der Waals surface area (Å²) in [5.41, 5.74) is 0.930. The van der Waals surface area contributed by atoms with Crippen LogP contribution >= 0.6 is 0 Å². The fourth-order valence-corrected chi connectivity index (χ4v) is 2.01. The van der Waals surface area contributed by atoms with Gasteiger partial charge in [0, 0.05) is 11.8 Å². The SMILES string of the molecule is COC(=O)C(C)(C)COc1ccc(C2=NCC(C=O)N=C2)cc1. The van der Waals surface area contributed by atoms with E-state index in [1.54, 1.807) is 20.1 Å². The van der Waals surface area contributed by atoms with Gasteiger partial charge in [0.1, 0.15) is 24.7 Å². The van der Waals surface area contributed by atoms with Crippen molar-refractivity contribution >= 4 is 24.2 Å². The Labute approximate surface area is 135 Å². The monoisotopic (exact) mass is 316 g/mol. The van der Waals surface area contributed by atoms with Gasteiger partial charge < -0.3 is 14.3 Å². The molecule has 0 aromatic heterocycles. The molecule has 1 aromatic rings. The molecule has 122 valence electrons. The van der Waals surface area contributed by atoms with E-state index in [-0.39, 0.29) is 18.6 Å². The predicted octanol–water partition coefficient (Wildman–Crippen LogP) is 1.71. The van der Waals surface area contributed by atoms with Crippen molar-refractivity contribution in [2.45, 2.75) is 19.9 Å². The number of ether oxygens (including phenoxy) is 2. The summed E-state index contributed by atoms with van der Waals surface area (Å²) in [6.45, 7) is 4.14. The van der Waals surface area contributed by atoms with Crippen LogP contribution < -0.4 is 4.74 Å². The minimum Gasteiger partial charge on any atom is -0.492 e. The zero-order valence-corrected chi connectivity index (χ0v) is 13.5. The van der Waals surface area contributed by atoms with Crippen molar-refractivity contribution in [3.05, 3.63) is 29.8 Å². The molecule has 2 rings (SSSR count). The molecule has 1 heterocycles. The second-order valence-corrected chi connectivity index (χ2v) is 5.90. The number of methoxy groups -OCH3 is 1. The molecule has 1 aliphatic heterocycles. The first-order valence-corrected chi connectivity index (χ1v) is 7.31. The van der Waals surface area contributed by atoms with Gasteiger partial charge in [0.15, 0.2) is 0 Å². The van der Waals surface area contributed by atoms with Gasteiger partial charge in [-0.2, -0.15) is 0 Å². The van der Waals surface area contributed by atoms with Gasteiger partial charge in [-0.15, -0.1) is 0 Å². The number of aldehydes is 1. The van der Waals surface area contributed by atoms with Crippen LogP contribution in [0.15, 0.2) is 34.3 Å². The molecule has 0 fully saturated rings. The largest absolute Gasteiger partial charge is 0.492 e. The van der Waals surface area contributed by atoms with Crippen LogP contribution in [0, 0.1) is 5.41 Å². The fraction of sp³-hybridized carbons (Fsp3) is 0.412. The van der Waals surface area contributed by atoms with Crippen LogP contribution in [0.3, 0.4) is 0 Å². The van der Waals surface area contributed by atoms with Gasteiger partial charge in [0.05, 0.1) is 24.8 Å². The summed E-state index contributed by atoms with van der Waals surface area (Å²) in [6.07, 6.45) is 2.40. The summed E-state index contributed by atoms with van der Waals surface area (Å²) < 4.78 is 10.4. The Morgan fingerprint density at radius 1 is 1.35 bits per heavy atom. The topological polar surface area (TPSA) is 77.3 Å². The molecule has 1 aromatic carbocycles. The molecule has 0 aliphatic carbocycles. The molecule has 0 spiro atoms. The highest BCUT2D eigenvalue weighted by Crippen LogP contribution is 2.21. The first-order valence-electron chi connectivity index (χ1n) is 7.31. The maximum Gasteiger partial charge on any atom is 0.314 e. The van der Waals surface area contributed by atoms with Crippen molar-refractivity contribution in [2.75, 3.05) is 20.3 Å². The van der Waals surface area contributed by atoms with Crippen molar-refractivity contribution in [2.24, 2.45) is 15.4 Å². The number of hydrogen-bond donors (Lipinski definition) is 0. The number of benzene rings is 1. The fourth-order valence-electron chi connectivity index (χ4n) is 2.01. The molecule has 6 heteroatoms. The summed E-state index contributed by atoms with van der Waals surface area (Å²) in [5.74, 6) is 0.344. The number of hydrogen-bond acceptors (Lipinski definition) is 6. The van der Waals surface area contributed by atoms with Crippen LogP contribution in [0.1, 0.15) is 19.4 Å². The average molecular weight is 316 g/mol. The second kappa shape index (κ2) is 7.17. The van der Waals surface area contributed by atoms with Gasteiger partial charge in [-0.25, -0.2) is 0 Å². The Bertz CT molecular complexity index is 632. The van der Waals surface area contributed by atoms with Gasteiger partial charge in [-0.05, 0) is 38.1 Å². The van der Waals surface area contributed by atoms with E-state index in [4.69, 9.17) is 9.47 Å². The molecule has 23 heavy (non-hydrogen) atoms. The maximum absolute atomic E-state index is 11.6. The highest BCUT2D eigenvalue weighted by Gasteiger charge is 2.29. The first kappa shape index (κ1) is 16.9. The molecule has 0 saturated carbocycles. The van der Waals surface area contributed by atoms with E-state index in [1.807, 2.05) is 24.3 Å². The maximum atomic E-state index is 11.6. The molecule has 0 saturated heterocycles. The van der Waals surface area contributed by atoms with Gasteiger partial charge in [0.2, 0.25) is 0 Å². The Balaban J connectivity index is 1.98. The molecule has 1 atom stereocenters. The Morgan fingerprint density at radius 3 is 2.57 bits per heavy atom. The third-order valence-corrected chi connectivity index (χ3v) is 3.48. The van der Waals surface area contributed by atoms with E-state index in [9.17, 15) is 9.59 Å². The predicted molar refractivity (Wildman–Crippen MR) is 87.5 cm³/mol. The molecule has 6 nitrogen and oxygen atoms in total. The van der Waals surface area contributed by atoms with Crippen molar-refractivity contribution in [3.63, 3.8) is 0 Å². The van der Waals surface area contributed by atoms with Crippen molar-refractivity contribution in [1.29, 1.82) is 0 Å². The zero-order valence-electron chi connectivity index (χ0n) is 13.5. The molecule has 0 amide bonds. The Kier molecular flexibility index (Phi) is 5.26. The number of carbonyl (C=O) groups excluding carboxylic acids is 2. The van der Waals surface area contributed by atoms with E-state index >= 15 is 0 Å². The molecular formula is C17H20N2O4. The van der Waals surface area contributed by atoms with Crippen LogP contribution in [0.5, 0.6) is 5.75 Å². The van der Waals surface area contributed by atoms with E-state index in [0.717, 1.165) is 17.6 Å². The Hall–Kier alpha value is -2.50. The van der Waals surface area contributed by atoms with E-state index in [2.05, 4.69) is 9.98 Å². The van der Waals surface area contributed by atoms with Crippen LogP contribution in [0.25, 0.3) is 0 Å². The van der Waals surface area contributed by atoms with Crippen LogP contribution in [-0.2, 0) is 14.3 Å². The molecular weight excluding hydrogens is 296 g/mol. The molecule has 1 unspecified atom stereocenters. The third-order valence-electron chi connectivity index (χ3n) is 3.48. The van der Waals surface area contributed by atoms with Crippen molar-refractivity contribution < 1.29 is 19.1 Å². The zero-order chi connectivity index (χ0) is 16.9.